The van der Waals surface area contributed by atoms with Crippen molar-refractivity contribution in [1.29, 1.82) is 0 Å². The number of benzene rings is 2. The smallest absolute Gasteiger partial charge is 0.251 e. The SMILES string of the molecule is CCOc1ccc(C(=O)NCCNC(=O)c2cccc(OC)c2)cc1. The molecule has 2 amide bonds. The second-order valence-corrected chi connectivity index (χ2v) is 5.20. The van der Waals surface area contributed by atoms with E-state index in [1.165, 1.54) is 0 Å². The van der Waals surface area contributed by atoms with Crippen LogP contribution in [0.5, 0.6) is 11.5 Å². The highest BCUT2D eigenvalue weighted by Crippen LogP contribution is 2.13. The third kappa shape index (κ3) is 5.53. The van der Waals surface area contributed by atoms with E-state index in [4.69, 9.17) is 9.47 Å². The summed E-state index contributed by atoms with van der Waals surface area (Å²) in [5, 5.41) is 5.51. The molecule has 0 atom stereocenters. The van der Waals surface area contributed by atoms with Crippen molar-refractivity contribution in [3.63, 3.8) is 0 Å². The predicted octanol–water partition coefficient (Wildman–Crippen LogP) is 2.25. The summed E-state index contributed by atoms with van der Waals surface area (Å²) in [6.45, 7) is 3.15. The number of ether oxygens (including phenoxy) is 2. The minimum Gasteiger partial charge on any atom is -0.497 e. The number of nitrogens with one attached hydrogen (secondary N) is 2. The van der Waals surface area contributed by atoms with Crippen LogP contribution in [0.3, 0.4) is 0 Å². The Hall–Kier alpha value is -3.02. The van der Waals surface area contributed by atoms with Crippen LogP contribution in [0.15, 0.2) is 48.5 Å². The Labute approximate surface area is 147 Å². The number of hydrogen-bond donors (Lipinski definition) is 2. The van der Waals surface area contributed by atoms with Gasteiger partial charge in [-0.2, -0.15) is 0 Å². The highest BCUT2D eigenvalue weighted by Gasteiger charge is 2.07. The van der Waals surface area contributed by atoms with Crippen LogP contribution in [0.1, 0.15) is 27.6 Å². The topological polar surface area (TPSA) is 76.7 Å². The van der Waals surface area contributed by atoms with Gasteiger partial charge >= 0.3 is 0 Å². The summed E-state index contributed by atoms with van der Waals surface area (Å²) in [6.07, 6.45) is 0. The maximum atomic E-state index is 12.0. The summed E-state index contributed by atoms with van der Waals surface area (Å²) in [5.41, 5.74) is 1.06. The summed E-state index contributed by atoms with van der Waals surface area (Å²) in [5.74, 6) is 0.939. The zero-order valence-corrected chi connectivity index (χ0v) is 14.4. The van der Waals surface area contributed by atoms with E-state index in [0.29, 0.717) is 36.6 Å². The summed E-state index contributed by atoms with van der Waals surface area (Å²) in [4.78, 5) is 24.1. The van der Waals surface area contributed by atoms with Crippen molar-refractivity contribution in [2.45, 2.75) is 6.92 Å². The molecule has 0 unspecified atom stereocenters. The molecule has 6 heteroatoms. The Morgan fingerprint density at radius 2 is 1.52 bits per heavy atom. The highest BCUT2D eigenvalue weighted by atomic mass is 16.5. The van der Waals surface area contributed by atoms with Crippen LogP contribution >= 0.6 is 0 Å². The average Bonchev–Trinajstić information content (AvgIpc) is 2.65. The van der Waals surface area contributed by atoms with E-state index >= 15 is 0 Å². The number of methoxy groups -OCH3 is 1. The van der Waals surface area contributed by atoms with Gasteiger partial charge in [-0.15, -0.1) is 0 Å². The van der Waals surface area contributed by atoms with Crippen molar-refractivity contribution in [1.82, 2.24) is 10.6 Å². The van der Waals surface area contributed by atoms with Gasteiger partial charge in [-0.25, -0.2) is 0 Å². The van der Waals surface area contributed by atoms with Crippen LogP contribution in [0.2, 0.25) is 0 Å². The molecule has 0 aliphatic carbocycles. The lowest BCUT2D eigenvalue weighted by atomic mass is 10.2. The fourth-order valence-corrected chi connectivity index (χ4v) is 2.19. The van der Waals surface area contributed by atoms with Crippen molar-refractivity contribution in [2.75, 3.05) is 26.8 Å². The molecule has 0 radical (unpaired) electrons. The maximum Gasteiger partial charge on any atom is 0.251 e. The Bertz CT molecular complexity index is 714. The van der Waals surface area contributed by atoms with Gasteiger partial charge in [0.25, 0.3) is 11.8 Å². The zero-order valence-electron chi connectivity index (χ0n) is 14.4. The van der Waals surface area contributed by atoms with Crippen molar-refractivity contribution >= 4 is 11.8 Å². The van der Waals surface area contributed by atoms with Crippen molar-refractivity contribution in [3.05, 3.63) is 59.7 Å². The molecule has 0 fully saturated rings. The summed E-state index contributed by atoms with van der Waals surface area (Å²) in [6, 6.07) is 13.8. The van der Waals surface area contributed by atoms with Gasteiger partial charge in [0.2, 0.25) is 0 Å². The van der Waals surface area contributed by atoms with E-state index in [9.17, 15) is 9.59 Å². The van der Waals surface area contributed by atoms with Crippen LogP contribution in [0.4, 0.5) is 0 Å². The Morgan fingerprint density at radius 1 is 0.880 bits per heavy atom. The average molecular weight is 342 g/mol. The Balaban J connectivity index is 1.76. The molecule has 0 heterocycles. The third-order valence-electron chi connectivity index (χ3n) is 3.46. The number of carbonyl (C=O) groups is 2. The summed E-state index contributed by atoms with van der Waals surface area (Å²) >= 11 is 0. The first-order chi connectivity index (χ1) is 12.1. The lowest BCUT2D eigenvalue weighted by molar-refractivity contribution is 0.0927. The minimum atomic E-state index is -0.214. The van der Waals surface area contributed by atoms with E-state index in [0.717, 1.165) is 5.75 Å². The number of amides is 2. The number of rotatable bonds is 8. The summed E-state index contributed by atoms with van der Waals surface area (Å²) < 4.78 is 10.4. The molecule has 0 saturated carbocycles. The zero-order chi connectivity index (χ0) is 18.1. The van der Waals surface area contributed by atoms with Gasteiger partial charge in [0, 0.05) is 24.2 Å². The molecule has 132 valence electrons. The molecule has 0 aromatic heterocycles. The first-order valence-corrected chi connectivity index (χ1v) is 8.07. The third-order valence-corrected chi connectivity index (χ3v) is 3.46. The Kier molecular flexibility index (Phi) is 6.83. The standard InChI is InChI=1S/C19H22N2O4/c1-3-25-16-9-7-14(8-10-16)18(22)20-11-12-21-19(23)15-5-4-6-17(13-15)24-2/h4-10,13H,3,11-12H2,1-2H3,(H,20,22)(H,21,23). The second-order valence-electron chi connectivity index (χ2n) is 5.20. The van der Waals surface area contributed by atoms with Crippen molar-refractivity contribution < 1.29 is 19.1 Å². The van der Waals surface area contributed by atoms with Crippen LogP contribution in [0.25, 0.3) is 0 Å². The summed E-state index contributed by atoms with van der Waals surface area (Å²) in [7, 11) is 1.55. The van der Waals surface area contributed by atoms with E-state index in [2.05, 4.69) is 10.6 Å². The molecule has 25 heavy (non-hydrogen) atoms. The van der Waals surface area contributed by atoms with Gasteiger partial charge < -0.3 is 20.1 Å². The van der Waals surface area contributed by atoms with E-state index in [1.54, 1.807) is 55.6 Å². The molecule has 0 aliphatic rings. The highest BCUT2D eigenvalue weighted by molar-refractivity contribution is 5.95. The fraction of sp³-hybridized carbons (Fsp3) is 0.263. The van der Waals surface area contributed by atoms with Gasteiger partial charge in [-0.1, -0.05) is 6.07 Å². The minimum absolute atomic E-state index is 0.196. The largest absolute Gasteiger partial charge is 0.497 e. The monoisotopic (exact) mass is 342 g/mol. The number of hydrogen-bond acceptors (Lipinski definition) is 4. The first kappa shape index (κ1) is 18.3. The number of carbonyl (C=O) groups excluding carboxylic acids is 2. The lowest BCUT2D eigenvalue weighted by Crippen LogP contribution is -2.34. The molecule has 6 nitrogen and oxygen atoms in total. The second kappa shape index (κ2) is 9.32. The van der Waals surface area contributed by atoms with E-state index < -0.39 is 0 Å². The molecule has 2 aromatic rings. The molecule has 2 N–H and O–H groups in total. The maximum absolute atomic E-state index is 12.0. The van der Waals surface area contributed by atoms with E-state index in [1.807, 2.05) is 6.92 Å². The molecule has 0 bridgehead atoms. The van der Waals surface area contributed by atoms with Crippen LogP contribution < -0.4 is 20.1 Å². The molecular weight excluding hydrogens is 320 g/mol. The van der Waals surface area contributed by atoms with Gasteiger partial charge in [-0.05, 0) is 49.4 Å². The molecule has 0 saturated heterocycles. The quantitative estimate of drug-likeness (QED) is 0.722. The van der Waals surface area contributed by atoms with Crippen molar-refractivity contribution in [2.24, 2.45) is 0 Å². The predicted molar refractivity (Wildman–Crippen MR) is 95.3 cm³/mol. The van der Waals surface area contributed by atoms with Gasteiger partial charge in [0.1, 0.15) is 11.5 Å². The van der Waals surface area contributed by atoms with Crippen LogP contribution in [-0.4, -0.2) is 38.6 Å². The van der Waals surface area contributed by atoms with Crippen LogP contribution in [0, 0.1) is 0 Å². The fourth-order valence-electron chi connectivity index (χ4n) is 2.19. The molecular formula is C19H22N2O4. The van der Waals surface area contributed by atoms with Gasteiger partial charge in [-0.3, -0.25) is 9.59 Å². The van der Waals surface area contributed by atoms with E-state index in [-0.39, 0.29) is 11.8 Å². The molecule has 2 rings (SSSR count). The lowest BCUT2D eigenvalue weighted by Gasteiger charge is -2.09. The first-order valence-electron chi connectivity index (χ1n) is 8.07. The van der Waals surface area contributed by atoms with Gasteiger partial charge in [0.05, 0.1) is 13.7 Å². The molecule has 2 aromatic carbocycles. The van der Waals surface area contributed by atoms with Crippen molar-refractivity contribution in [3.8, 4) is 11.5 Å². The van der Waals surface area contributed by atoms with Crippen LogP contribution in [-0.2, 0) is 0 Å². The molecule has 0 spiro atoms. The normalized spacial score (nSPS) is 10.0. The molecule has 0 aliphatic heterocycles. The Morgan fingerprint density at radius 3 is 2.12 bits per heavy atom. The van der Waals surface area contributed by atoms with Gasteiger partial charge in [0.15, 0.2) is 0 Å².